The van der Waals surface area contributed by atoms with Crippen LogP contribution in [0, 0.1) is 17.2 Å². The van der Waals surface area contributed by atoms with Crippen LogP contribution in [0.25, 0.3) is 0 Å². The molecule has 0 aromatic heterocycles. The van der Waals surface area contributed by atoms with Crippen LogP contribution < -0.4 is 5.32 Å². The second kappa shape index (κ2) is 6.28. The molecule has 1 N–H and O–H groups in total. The van der Waals surface area contributed by atoms with Gasteiger partial charge in [0.05, 0.1) is 11.6 Å². The van der Waals surface area contributed by atoms with Crippen LogP contribution in [0.5, 0.6) is 0 Å². The van der Waals surface area contributed by atoms with E-state index in [9.17, 15) is 4.79 Å². The zero-order valence-corrected chi connectivity index (χ0v) is 12.2. The maximum Gasteiger partial charge on any atom is 0.225 e. The first-order valence-electron chi connectivity index (χ1n) is 7.78. The molecule has 0 aliphatic heterocycles. The number of rotatable bonds is 7. The van der Waals surface area contributed by atoms with Gasteiger partial charge in [0.25, 0.3) is 0 Å². The van der Waals surface area contributed by atoms with Gasteiger partial charge in [-0.15, -0.1) is 0 Å². The second-order valence-electron chi connectivity index (χ2n) is 6.16. The topological polar surface area (TPSA) is 56.1 Å². The predicted molar refractivity (Wildman–Crippen MR) is 81.7 cm³/mol. The van der Waals surface area contributed by atoms with E-state index in [-0.39, 0.29) is 5.91 Å². The van der Waals surface area contributed by atoms with Crippen molar-refractivity contribution in [1.82, 2.24) is 4.90 Å². The van der Waals surface area contributed by atoms with Crippen molar-refractivity contribution in [1.29, 1.82) is 5.26 Å². The van der Waals surface area contributed by atoms with Crippen molar-refractivity contribution in [3.05, 3.63) is 29.8 Å². The number of amides is 1. The van der Waals surface area contributed by atoms with Gasteiger partial charge in [0.2, 0.25) is 5.91 Å². The van der Waals surface area contributed by atoms with Crippen molar-refractivity contribution < 1.29 is 4.79 Å². The summed E-state index contributed by atoms with van der Waals surface area (Å²) in [6.45, 7) is 2.02. The molecule has 1 amide bonds. The second-order valence-corrected chi connectivity index (χ2v) is 6.16. The van der Waals surface area contributed by atoms with E-state index in [1.807, 2.05) is 6.07 Å². The van der Waals surface area contributed by atoms with E-state index < -0.39 is 0 Å². The van der Waals surface area contributed by atoms with E-state index in [0.29, 0.717) is 17.7 Å². The van der Waals surface area contributed by atoms with Crippen LogP contribution in [-0.4, -0.2) is 29.9 Å². The standard InChI is InChI=1S/C17H21N3O/c18-11-14-2-1-3-15(10-14)19-17(21)8-9-20(16-6-7-16)12-13-4-5-13/h1-3,10,13,16H,4-9,12H2,(H,19,21). The van der Waals surface area contributed by atoms with Crippen LogP contribution in [0.2, 0.25) is 0 Å². The van der Waals surface area contributed by atoms with Crippen LogP contribution in [0.15, 0.2) is 24.3 Å². The highest BCUT2D eigenvalue weighted by molar-refractivity contribution is 5.90. The quantitative estimate of drug-likeness (QED) is 0.837. The Morgan fingerprint density at radius 2 is 2.14 bits per heavy atom. The van der Waals surface area contributed by atoms with Gasteiger partial charge >= 0.3 is 0 Å². The maximum atomic E-state index is 12.0. The van der Waals surface area contributed by atoms with Crippen molar-refractivity contribution in [3.63, 3.8) is 0 Å². The summed E-state index contributed by atoms with van der Waals surface area (Å²) >= 11 is 0. The zero-order valence-electron chi connectivity index (χ0n) is 12.2. The lowest BCUT2D eigenvalue weighted by atomic mass is 10.2. The average Bonchev–Trinajstić information content (AvgIpc) is 3.37. The van der Waals surface area contributed by atoms with Gasteiger partial charge in [-0.05, 0) is 49.8 Å². The fraction of sp³-hybridized carbons (Fsp3) is 0.529. The molecule has 3 rings (SSSR count). The van der Waals surface area contributed by atoms with Crippen LogP contribution in [0.3, 0.4) is 0 Å². The molecule has 0 atom stereocenters. The molecule has 0 unspecified atom stereocenters. The molecular formula is C17H21N3O. The molecule has 0 saturated heterocycles. The number of benzene rings is 1. The van der Waals surface area contributed by atoms with E-state index in [1.165, 1.54) is 32.2 Å². The first-order valence-corrected chi connectivity index (χ1v) is 7.78. The zero-order chi connectivity index (χ0) is 14.7. The molecule has 110 valence electrons. The number of carbonyl (C=O) groups is 1. The molecular weight excluding hydrogens is 262 g/mol. The minimum atomic E-state index is 0.0338. The average molecular weight is 283 g/mol. The first-order chi connectivity index (χ1) is 10.2. The third kappa shape index (κ3) is 4.30. The van der Waals surface area contributed by atoms with Crippen LogP contribution in [0.4, 0.5) is 5.69 Å². The highest BCUT2D eigenvalue weighted by atomic mass is 16.1. The Morgan fingerprint density at radius 3 is 2.81 bits per heavy atom. The molecule has 2 fully saturated rings. The molecule has 0 spiro atoms. The normalized spacial score (nSPS) is 17.5. The maximum absolute atomic E-state index is 12.0. The molecule has 21 heavy (non-hydrogen) atoms. The van der Waals surface area contributed by atoms with Crippen molar-refractivity contribution in [2.24, 2.45) is 5.92 Å². The van der Waals surface area contributed by atoms with E-state index in [1.54, 1.807) is 18.2 Å². The summed E-state index contributed by atoms with van der Waals surface area (Å²) in [6.07, 6.45) is 5.82. The van der Waals surface area contributed by atoms with E-state index >= 15 is 0 Å². The minimum absolute atomic E-state index is 0.0338. The lowest BCUT2D eigenvalue weighted by Gasteiger charge is -2.21. The molecule has 0 heterocycles. The Morgan fingerprint density at radius 1 is 1.33 bits per heavy atom. The fourth-order valence-corrected chi connectivity index (χ4v) is 2.63. The van der Waals surface area contributed by atoms with Gasteiger partial charge in [-0.2, -0.15) is 5.26 Å². The third-order valence-electron chi connectivity index (χ3n) is 4.15. The number of hydrogen-bond donors (Lipinski definition) is 1. The highest BCUT2D eigenvalue weighted by Gasteiger charge is 2.33. The molecule has 4 nitrogen and oxygen atoms in total. The van der Waals surface area contributed by atoms with Gasteiger partial charge in [-0.3, -0.25) is 9.69 Å². The van der Waals surface area contributed by atoms with Gasteiger partial charge in [0, 0.05) is 31.2 Å². The molecule has 2 saturated carbocycles. The number of nitrogens with one attached hydrogen (secondary N) is 1. The molecule has 2 aliphatic carbocycles. The van der Waals surface area contributed by atoms with Crippen molar-refractivity contribution in [2.75, 3.05) is 18.4 Å². The Bertz CT molecular complexity index is 555. The molecule has 4 heteroatoms. The van der Waals surface area contributed by atoms with Crippen molar-refractivity contribution in [2.45, 2.75) is 38.1 Å². The van der Waals surface area contributed by atoms with Gasteiger partial charge in [0.15, 0.2) is 0 Å². The number of hydrogen-bond acceptors (Lipinski definition) is 3. The minimum Gasteiger partial charge on any atom is -0.326 e. The molecule has 0 bridgehead atoms. The lowest BCUT2D eigenvalue weighted by molar-refractivity contribution is -0.116. The van der Waals surface area contributed by atoms with Gasteiger partial charge in [-0.1, -0.05) is 6.07 Å². The summed E-state index contributed by atoms with van der Waals surface area (Å²) in [6, 6.07) is 9.86. The Labute approximate surface area is 125 Å². The van der Waals surface area contributed by atoms with E-state index in [0.717, 1.165) is 18.5 Å². The monoisotopic (exact) mass is 283 g/mol. The molecule has 1 aromatic carbocycles. The lowest BCUT2D eigenvalue weighted by Crippen LogP contribution is -2.31. The largest absolute Gasteiger partial charge is 0.326 e. The number of carbonyl (C=O) groups excluding carboxylic acids is 1. The van der Waals surface area contributed by atoms with Gasteiger partial charge < -0.3 is 5.32 Å². The smallest absolute Gasteiger partial charge is 0.225 e. The summed E-state index contributed by atoms with van der Waals surface area (Å²) < 4.78 is 0. The Hall–Kier alpha value is -1.86. The summed E-state index contributed by atoms with van der Waals surface area (Å²) in [4.78, 5) is 14.5. The summed E-state index contributed by atoms with van der Waals surface area (Å²) in [7, 11) is 0. The summed E-state index contributed by atoms with van der Waals surface area (Å²) in [5, 5.41) is 11.7. The number of nitrogens with zero attached hydrogens (tertiary/aromatic N) is 2. The first kappa shape index (κ1) is 14.1. The van der Waals surface area contributed by atoms with E-state index in [2.05, 4.69) is 16.3 Å². The molecule has 1 aromatic rings. The van der Waals surface area contributed by atoms with Crippen LogP contribution in [-0.2, 0) is 4.79 Å². The Kier molecular flexibility index (Phi) is 4.21. The van der Waals surface area contributed by atoms with Gasteiger partial charge in [0.1, 0.15) is 0 Å². The summed E-state index contributed by atoms with van der Waals surface area (Å²) in [5.74, 6) is 0.910. The Balaban J connectivity index is 1.47. The van der Waals surface area contributed by atoms with E-state index in [4.69, 9.17) is 5.26 Å². The van der Waals surface area contributed by atoms with Gasteiger partial charge in [-0.25, -0.2) is 0 Å². The molecule has 2 aliphatic rings. The van der Waals surface area contributed by atoms with Crippen LogP contribution >= 0.6 is 0 Å². The third-order valence-corrected chi connectivity index (χ3v) is 4.15. The fourth-order valence-electron chi connectivity index (χ4n) is 2.63. The number of nitriles is 1. The van der Waals surface area contributed by atoms with Crippen molar-refractivity contribution >= 4 is 11.6 Å². The summed E-state index contributed by atoms with van der Waals surface area (Å²) in [5.41, 5.74) is 1.28. The SMILES string of the molecule is N#Cc1cccc(NC(=O)CCN(CC2CC2)C2CC2)c1. The van der Waals surface area contributed by atoms with Crippen molar-refractivity contribution in [3.8, 4) is 6.07 Å². The number of anilines is 1. The highest BCUT2D eigenvalue weighted by Crippen LogP contribution is 2.34. The van der Waals surface area contributed by atoms with Crippen LogP contribution in [0.1, 0.15) is 37.7 Å². The predicted octanol–water partition coefficient (Wildman–Crippen LogP) is 2.76. The molecule has 0 radical (unpaired) electrons.